The van der Waals surface area contributed by atoms with Crippen molar-refractivity contribution in [1.82, 2.24) is 4.90 Å². The number of rotatable bonds is 6. The normalized spacial score (nSPS) is 15.5. The van der Waals surface area contributed by atoms with Gasteiger partial charge in [-0.05, 0) is 61.0 Å². The van der Waals surface area contributed by atoms with Crippen molar-refractivity contribution in [3.8, 4) is 5.75 Å². The monoisotopic (exact) mass is 465 g/mol. The Kier molecular flexibility index (Phi) is 8.72. The average molecular weight is 466 g/mol. The summed E-state index contributed by atoms with van der Waals surface area (Å²) >= 11 is 1.84. The molecule has 0 fully saturated rings. The molecule has 2 heterocycles. The molecule has 1 aromatic carbocycles. The molecule has 1 aliphatic rings. The van der Waals surface area contributed by atoms with Crippen LogP contribution in [0.2, 0.25) is 0 Å². The summed E-state index contributed by atoms with van der Waals surface area (Å²) < 4.78 is 64.6. The lowest BCUT2D eigenvalue weighted by atomic mass is 9.98. The Morgan fingerprint density at radius 3 is 2.50 bits per heavy atom. The molecule has 0 aliphatic carbocycles. The number of unbranched alkanes of at least 4 members (excludes halogenated alkanes) is 1. The number of fused-ring (bicyclic) bond motifs is 1. The topological polar surface area (TPSA) is 66.8 Å². The minimum absolute atomic E-state index is 0.722. The summed E-state index contributed by atoms with van der Waals surface area (Å²) in [5.74, 6) is 0.982. The Bertz CT molecular complexity index is 968. The zero-order valence-corrected chi connectivity index (χ0v) is 18.5. The van der Waals surface area contributed by atoms with Crippen LogP contribution in [0, 0.1) is 0 Å². The van der Waals surface area contributed by atoms with E-state index in [1.807, 2.05) is 18.3 Å². The van der Waals surface area contributed by atoms with E-state index in [0.29, 0.717) is 0 Å². The van der Waals surface area contributed by atoms with Crippen LogP contribution in [0.4, 0.5) is 13.2 Å². The van der Waals surface area contributed by atoms with Gasteiger partial charge in [-0.15, -0.1) is 11.3 Å². The Labute approximate surface area is 178 Å². The highest BCUT2D eigenvalue weighted by Crippen LogP contribution is 2.35. The number of alkyl halides is 3. The van der Waals surface area contributed by atoms with Crippen LogP contribution in [0.25, 0.3) is 15.7 Å². The zero-order valence-electron chi connectivity index (χ0n) is 16.9. The van der Waals surface area contributed by atoms with Crippen molar-refractivity contribution >= 4 is 37.1 Å². The lowest BCUT2D eigenvalue weighted by Crippen LogP contribution is -2.29. The Balaban J connectivity index is 0.000000343. The van der Waals surface area contributed by atoms with E-state index in [9.17, 15) is 13.2 Å². The maximum absolute atomic E-state index is 10.7. The van der Waals surface area contributed by atoms with Crippen LogP contribution < -0.4 is 4.74 Å². The van der Waals surface area contributed by atoms with Gasteiger partial charge in [0.1, 0.15) is 5.75 Å². The van der Waals surface area contributed by atoms with Gasteiger partial charge in [0.15, 0.2) is 0 Å². The van der Waals surface area contributed by atoms with Crippen LogP contribution in [0.3, 0.4) is 0 Å². The molecule has 0 bridgehead atoms. The predicted molar refractivity (Wildman–Crippen MR) is 115 cm³/mol. The molecule has 0 atom stereocenters. The molecule has 3 rings (SSSR count). The molecule has 30 heavy (non-hydrogen) atoms. The number of halogens is 3. The molecule has 0 unspecified atom stereocenters. The molecular weight excluding hydrogens is 439 g/mol. The fourth-order valence-corrected chi connectivity index (χ4v) is 4.02. The fourth-order valence-electron chi connectivity index (χ4n) is 3.05. The first kappa shape index (κ1) is 24.6. The van der Waals surface area contributed by atoms with Crippen molar-refractivity contribution < 1.29 is 30.9 Å². The van der Waals surface area contributed by atoms with Crippen LogP contribution in [0.15, 0.2) is 29.7 Å². The minimum Gasteiger partial charge on any atom is -0.494 e. The number of thiophene rings is 1. The molecule has 1 aromatic heterocycles. The van der Waals surface area contributed by atoms with Crippen LogP contribution in [0.1, 0.15) is 38.7 Å². The Morgan fingerprint density at radius 1 is 1.27 bits per heavy atom. The van der Waals surface area contributed by atoms with Gasteiger partial charge in [0.25, 0.3) is 0 Å². The average Bonchev–Trinajstić information content (AvgIpc) is 3.09. The van der Waals surface area contributed by atoms with E-state index in [0.717, 1.165) is 25.3 Å². The maximum atomic E-state index is 10.7. The summed E-state index contributed by atoms with van der Waals surface area (Å²) in [6.07, 6.45) is 6.17. The SMILES string of the molecule is CCCCN1CC=C(c2csc3ccc(OCC)cc23)CC1.O=S(=O)(O)C(F)(F)F. The summed E-state index contributed by atoms with van der Waals surface area (Å²) in [6.45, 7) is 8.54. The quantitative estimate of drug-likeness (QED) is 0.445. The van der Waals surface area contributed by atoms with Gasteiger partial charge in [0.05, 0.1) is 6.61 Å². The van der Waals surface area contributed by atoms with Gasteiger partial charge >= 0.3 is 15.6 Å². The van der Waals surface area contributed by atoms with Crippen molar-refractivity contribution in [2.45, 2.75) is 38.6 Å². The first-order valence-electron chi connectivity index (χ1n) is 9.66. The van der Waals surface area contributed by atoms with Crippen molar-refractivity contribution in [2.24, 2.45) is 0 Å². The van der Waals surface area contributed by atoms with Crippen molar-refractivity contribution in [3.05, 3.63) is 35.2 Å². The number of ether oxygens (including phenoxy) is 1. The molecule has 1 N–H and O–H groups in total. The maximum Gasteiger partial charge on any atom is 0.522 e. The fraction of sp³-hybridized carbons (Fsp3) is 0.500. The van der Waals surface area contributed by atoms with E-state index >= 15 is 0 Å². The molecule has 168 valence electrons. The van der Waals surface area contributed by atoms with E-state index in [2.05, 4.69) is 41.5 Å². The third-order valence-corrected chi connectivity index (χ3v) is 6.16. The molecule has 2 aromatic rings. The van der Waals surface area contributed by atoms with Crippen LogP contribution in [0.5, 0.6) is 5.75 Å². The van der Waals surface area contributed by atoms with Crippen molar-refractivity contribution in [2.75, 3.05) is 26.2 Å². The van der Waals surface area contributed by atoms with E-state index in [4.69, 9.17) is 17.7 Å². The van der Waals surface area contributed by atoms with Crippen molar-refractivity contribution in [1.29, 1.82) is 0 Å². The summed E-state index contributed by atoms with van der Waals surface area (Å²) in [5.41, 5.74) is -2.61. The van der Waals surface area contributed by atoms with Gasteiger partial charge in [0, 0.05) is 23.2 Å². The highest BCUT2D eigenvalue weighted by molar-refractivity contribution is 7.86. The van der Waals surface area contributed by atoms with Crippen LogP contribution in [-0.2, 0) is 10.1 Å². The summed E-state index contributed by atoms with van der Waals surface area (Å²) in [7, 11) is -5.84. The van der Waals surface area contributed by atoms with E-state index in [-0.39, 0.29) is 0 Å². The minimum atomic E-state index is -5.84. The van der Waals surface area contributed by atoms with Gasteiger partial charge in [-0.3, -0.25) is 9.45 Å². The lowest BCUT2D eigenvalue weighted by Gasteiger charge is -2.26. The van der Waals surface area contributed by atoms with E-state index in [1.54, 1.807) is 0 Å². The lowest BCUT2D eigenvalue weighted by molar-refractivity contribution is -0.0510. The molecule has 0 spiro atoms. The smallest absolute Gasteiger partial charge is 0.494 e. The second-order valence-electron chi connectivity index (χ2n) is 6.79. The molecule has 0 saturated heterocycles. The summed E-state index contributed by atoms with van der Waals surface area (Å²) in [5, 5.41) is 3.66. The predicted octanol–water partition coefficient (Wildman–Crippen LogP) is 5.58. The molecule has 0 saturated carbocycles. The van der Waals surface area contributed by atoms with Gasteiger partial charge in [-0.1, -0.05) is 19.4 Å². The second-order valence-corrected chi connectivity index (χ2v) is 9.12. The number of hydrogen-bond donors (Lipinski definition) is 1. The van der Waals surface area contributed by atoms with Gasteiger partial charge in [-0.25, -0.2) is 0 Å². The Hall–Kier alpha value is -1.62. The van der Waals surface area contributed by atoms with Crippen molar-refractivity contribution in [3.63, 3.8) is 0 Å². The third kappa shape index (κ3) is 6.69. The van der Waals surface area contributed by atoms with E-state index in [1.165, 1.54) is 47.2 Å². The van der Waals surface area contributed by atoms with Gasteiger partial charge in [-0.2, -0.15) is 21.6 Å². The third-order valence-electron chi connectivity index (χ3n) is 4.62. The second kappa shape index (κ2) is 10.6. The molecule has 10 heteroatoms. The molecule has 0 amide bonds. The van der Waals surface area contributed by atoms with Gasteiger partial charge < -0.3 is 4.74 Å². The largest absolute Gasteiger partial charge is 0.522 e. The summed E-state index contributed by atoms with van der Waals surface area (Å²) in [6, 6.07) is 6.47. The molecule has 0 radical (unpaired) electrons. The molecule has 1 aliphatic heterocycles. The highest BCUT2D eigenvalue weighted by Gasteiger charge is 2.44. The molecule has 5 nitrogen and oxygen atoms in total. The van der Waals surface area contributed by atoms with Crippen LogP contribution in [-0.4, -0.2) is 49.6 Å². The first-order chi connectivity index (χ1) is 14.1. The number of nitrogens with zero attached hydrogens (tertiary/aromatic N) is 1. The standard InChI is InChI=1S/C19H25NOS.CHF3O3S/c1-3-5-10-20-11-8-15(9-12-20)18-14-22-19-7-6-16(21-4-2)13-17(18)19;2-1(3,4)8(5,6)7/h6-8,13-14H,3-5,9-12H2,1-2H3;(H,5,6,7). The highest BCUT2D eigenvalue weighted by atomic mass is 32.2. The first-order valence-corrected chi connectivity index (χ1v) is 12.0. The number of hydrogen-bond acceptors (Lipinski definition) is 5. The van der Waals surface area contributed by atoms with Crippen LogP contribution >= 0.6 is 11.3 Å². The number of benzene rings is 1. The summed E-state index contributed by atoms with van der Waals surface area (Å²) in [4.78, 5) is 2.56. The molecular formula is C20H26F3NO4S2. The Morgan fingerprint density at radius 2 is 1.97 bits per heavy atom. The van der Waals surface area contributed by atoms with Gasteiger partial charge in [0.2, 0.25) is 0 Å². The zero-order chi connectivity index (χ0) is 22.4. The van der Waals surface area contributed by atoms with E-state index < -0.39 is 15.6 Å².